The Morgan fingerprint density at radius 1 is 1.41 bits per heavy atom. The van der Waals surface area contributed by atoms with E-state index >= 15 is 0 Å². The second-order valence-corrected chi connectivity index (χ2v) is 6.42. The molecule has 2 aromatic heterocycles. The maximum Gasteiger partial charge on any atom is 0.157 e. The van der Waals surface area contributed by atoms with Crippen molar-refractivity contribution in [3.8, 4) is 0 Å². The highest BCUT2D eigenvalue weighted by molar-refractivity contribution is 7.91. The molecule has 1 unspecified atom stereocenters. The molecule has 1 fully saturated rings. The van der Waals surface area contributed by atoms with Crippen molar-refractivity contribution in [2.45, 2.75) is 12.5 Å². The molecule has 1 saturated heterocycles. The first-order valence-corrected chi connectivity index (χ1v) is 7.22. The van der Waals surface area contributed by atoms with Crippen LogP contribution in [0.1, 0.15) is 6.42 Å². The van der Waals surface area contributed by atoms with E-state index in [1.165, 1.54) is 0 Å². The summed E-state index contributed by atoms with van der Waals surface area (Å²) in [6, 6.07) is 3.57. The Bertz CT molecular complexity index is 649. The second kappa shape index (κ2) is 3.69. The molecular weight excluding hydrogens is 240 g/mol. The molecule has 1 N–H and O–H groups in total. The summed E-state index contributed by atoms with van der Waals surface area (Å²) in [5, 5.41) is 7.19. The largest absolute Gasteiger partial charge is 0.366 e. The van der Waals surface area contributed by atoms with Crippen LogP contribution in [-0.2, 0) is 9.84 Å². The summed E-state index contributed by atoms with van der Waals surface area (Å²) in [7, 11) is -2.86. The zero-order valence-corrected chi connectivity index (χ0v) is 9.89. The lowest BCUT2D eigenvalue weighted by molar-refractivity contribution is 0.602. The van der Waals surface area contributed by atoms with Crippen LogP contribution in [0.2, 0.25) is 0 Å². The first-order valence-electron chi connectivity index (χ1n) is 5.40. The molecule has 0 saturated carbocycles. The fraction of sp³-hybridized carbons (Fsp3) is 0.400. The molecular formula is C10H12N4O2S. The topological polar surface area (TPSA) is 76.4 Å². The molecule has 3 rings (SSSR count). The van der Waals surface area contributed by atoms with E-state index in [4.69, 9.17) is 0 Å². The summed E-state index contributed by atoms with van der Waals surface area (Å²) < 4.78 is 24.3. The van der Waals surface area contributed by atoms with E-state index in [1.54, 1.807) is 29.0 Å². The zero-order valence-electron chi connectivity index (χ0n) is 9.07. The predicted octanol–water partition coefficient (Wildman–Crippen LogP) is 0.328. The summed E-state index contributed by atoms with van der Waals surface area (Å²) in [6.45, 7) is 0. The Balaban J connectivity index is 1.81. The lowest BCUT2D eigenvalue weighted by Gasteiger charge is -2.11. The van der Waals surface area contributed by atoms with Gasteiger partial charge in [-0.25, -0.2) is 17.9 Å². The Morgan fingerprint density at radius 2 is 2.29 bits per heavy atom. The maximum absolute atomic E-state index is 11.3. The minimum Gasteiger partial charge on any atom is -0.366 e. The van der Waals surface area contributed by atoms with E-state index in [1.807, 2.05) is 0 Å². The van der Waals surface area contributed by atoms with Crippen molar-refractivity contribution in [1.29, 1.82) is 0 Å². The van der Waals surface area contributed by atoms with Crippen LogP contribution >= 0.6 is 0 Å². The summed E-state index contributed by atoms with van der Waals surface area (Å²) >= 11 is 0. The minimum atomic E-state index is -2.86. The highest BCUT2D eigenvalue weighted by Crippen LogP contribution is 2.16. The number of aromatic nitrogens is 3. The summed E-state index contributed by atoms with van der Waals surface area (Å²) in [5.41, 5.74) is 0.746. The van der Waals surface area contributed by atoms with Gasteiger partial charge in [0.1, 0.15) is 5.82 Å². The number of hydrogen-bond acceptors (Lipinski definition) is 5. The third-order valence-electron chi connectivity index (χ3n) is 2.84. The molecule has 3 heterocycles. The van der Waals surface area contributed by atoms with Gasteiger partial charge in [0.2, 0.25) is 0 Å². The maximum atomic E-state index is 11.3. The monoisotopic (exact) mass is 252 g/mol. The molecule has 0 radical (unpaired) electrons. The van der Waals surface area contributed by atoms with Crippen LogP contribution in [0.15, 0.2) is 24.5 Å². The van der Waals surface area contributed by atoms with Crippen molar-refractivity contribution in [2.24, 2.45) is 0 Å². The van der Waals surface area contributed by atoms with Gasteiger partial charge in [0.05, 0.1) is 17.7 Å². The van der Waals surface area contributed by atoms with Gasteiger partial charge in [0, 0.05) is 18.3 Å². The Hall–Kier alpha value is -1.63. The molecule has 0 aromatic carbocycles. The lowest BCUT2D eigenvalue weighted by atomic mass is 10.2. The molecule has 90 valence electrons. The molecule has 0 aliphatic carbocycles. The van der Waals surface area contributed by atoms with E-state index < -0.39 is 9.84 Å². The first-order chi connectivity index (χ1) is 8.12. The van der Waals surface area contributed by atoms with Crippen LogP contribution in [0.5, 0.6) is 0 Å². The molecule has 6 nitrogen and oxygen atoms in total. The Morgan fingerprint density at radius 3 is 3.06 bits per heavy atom. The quantitative estimate of drug-likeness (QED) is 0.833. The first kappa shape index (κ1) is 10.5. The smallest absolute Gasteiger partial charge is 0.157 e. The third-order valence-corrected chi connectivity index (χ3v) is 4.61. The van der Waals surface area contributed by atoms with Gasteiger partial charge < -0.3 is 5.32 Å². The van der Waals surface area contributed by atoms with Crippen LogP contribution in [0.4, 0.5) is 5.82 Å². The number of anilines is 1. The minimum absolute atomic E-state index is 0.0297. The van der Waals surface area contributed by atoms with Crippen molar-refractivity contribution in [1.82, 2.24) is 14.6 Å². The van der Waals surface area contributed by atoms with Crippen LogP contribution in [-0.4, -0.2) is 40.6 Å². The average Bonchev–Trinajstić information content (AvgIpc) is 2.84. The lowest BCUT2D eigenvalue weighted by Crippen LogP contribution is -2.21. The number of sulfone groups is 1. The van der Waals surface area contributed by atoms with Crippen molar-refractivity contribution in [3.63, 3.8) is 0 Å². The van der Waals surface area contributed by atoms with Gasteiger partial charge in [-0.3, -0.25) is 0 Å². The van der Waals surface area contributed by atoms with Gasteiger partial charge >= 0.3 is 0 Å². The standard InChI is InChI=1S/C10H12N4O2S/c15-17(16)6-3-8(7-17)12-9-2-5-14-10(13-9)1-4-11-14/h1-2,4-5,8H,3,6-7H2,(H,12,13). The highest BCUT2D eigenvalue weighted by Gasteiger charge is 2.27. The van der Waals surface area contributed by atoms with Gasteiger partial charge in [0.25, 0.3) is 0 Å². The van der Waals surface area contributed by atoms with E-state index in [9.17, 15) is 8.42 Å². The Kier molecular flexibility index (Phi) is 2.29. The number of hydrogen-bond donors (Lipinski definition) is 1. The van der Waals surface area contributed by atoms with E-state index in [-0.39, 0.29) is 17.5 Å². The third kappa shape index (κ3) is 2.10. The normalized spacial score (nSPS) is 22.9. The zero-order chi connectivity index (χ0) is 11.9. The summed E-state index contributed by atoms with van der Waals surface area (Å²) in [5.74, 6) is 1.15. The average molecular weight is 252 g/mol. The fourth-order valence-corrected chi connectivity index (χ4v) is 3.68. The molecule has 17 heavy (non-hydrogen) atoms. The van der Waals surface area contributed by atoms with Crippen LogP contribution in [0.3, 0.4) is 0 Å². The molecule has 1 atom stereocenters. The van der Waals surface area contributed by atoms with Crippen molar-refractivity contribution >= 4 is 21.3 Å². The van der Waals surface area contributed by atoms with Gasteiger partial charge in [-0.15, -0.1) is 0 Å². The molecule has 7 heteroatoms. The van der Waals surface area contributed by atoms with Crippen LogP contribution in [0, 0.1) is 0 Å². The molecule has 0 bridgehead atoms. The van der Waals surface area contributed by atoms with Crippen LogP contribution < -0.4 is 5.32 Å². The summed E-state index contributed by atoms with van der Waals surface area (Å²) in [4.78, 5) is 4.34. The highest BCUT2D eigenvalue weighted by atomic mass is 32.2. The Labute approximate surface area is 98.6 Å². The number of rotatable bonds is 2. The van der Waals surface area contributed by atoms with E-state index in [2.05, 4.69) is 15.4 Å². The molecule has 0 spiro atoms. The number of fused-ring (bicyclic) bond motifs is 1. The second-order valence-electron chi connectivity index (χ2n) is 4.19. The van der Waals surface area contributed by atoms with Gasteiger partial charge in [-0.1, -0.05) is 0 Å². The SMILES string of the molecule is O=S1(=O)CCC(Nc2ccn3nccc3n2)C1. The van der Waals surface area contributed by atoms with Crippen molar-refractivity contribution in [3.05, 3.63) is 24.5 Å². The van der Waals surface area contributed by atoms with Gasteiger partial charge in [-0.2, -0.15) is 5.10 Å². The van der Waals surface area contributed by atoms with E-state index in [0.29, 0.717) is 12.2 Å². The van der Waals surface area contributed by atoms with Crippen molar-refractivity contribution in [2.75, 3.05) is 16.8 Å². The molecule has 1 aliphatic rings. The van der Waals surface area contributed by atoms with E-state index in [0.717, 1.165) is 5.65 Å². The summed E-state index contributed by atoms with van der Waals surface area (Å²) in [6.07, 6.45) is 4.12. The van der Waals surface area contributed by atoms with Gasteiger partial charge in [0.15, 0.2) is 15.5 Å². The molecule has 1 aliphatic heterocycles. The molecule has 0 amide bonds. The van der Waals surface area contributed by atoms with Crippen LogP contribution in [0.25, 0.3) is 5.65 Å². The molecule has 2 aromatic rings. The number of nitrogens with zero attached hydrogens (tertiary/aromatic N) is 3. The predicted molar refractivity (Wildman–Crippen MR) is 63.7 cm³/mol. The number of nitrogens with one attached hydrogen (secondary N) is 1. The fourth-order valence-electron chi connectivity index (χ4n) is 2.01. The van der Waals surface area contributed by atoms with Gasteiger partial charge in [-0.05, 0) is 12.5 Å². The van der Waals surface area contributed by atoms with Crippen molar-refractivity contribution < 1.29 is 8.42 Å².